The highest BCUT2D eigenvalue weighted by molar-refractivity contribution is 5.78. The standard InChI is InChI=1S/C27H24F2N6O3/c28-27(29)9-20(10-27)32-24(36)15-38-21-3-1-2-17(8-21)25-34-23-14-37-13-22(23)26(35-25)33-19-6-4-16(5-7-19)18-11-30-31-12-18/h1-8,11-12,20H,9-10,13-15H2,(H,30,31)(H,32,36)(H,33,34,35). The number of nitrogens with one attached hydrogen (secondary N) is 3. The highest BCUT2D eigenvalue weighted by Crippen LogP contribution is 2.37. The summed E-state index contributed by atoms with van der Waals surface area (Å²) >= 11 is 0. The van der Waals surface area contributed by atoms with E-state index in [2.05, 4.69) is 25.8 Å². The number of fused-ring (bicyclic) bond motifs is 1. The molecule has 1 aliphatic carbocycles. The summed E-state index contributed by atoms with van der Waals surface area (Å²) in [7, 11) is 0. The van der Waals surface area contributed by atoms with Crippen molar-refractivity contribution in [1.29, 1.82) is 0 Å². The van der Waals surface area contributed by atoms with Crippen molar-refractivity contribution in [2.24, 2.45) is 0 Å². The number of rotatable bonds is 8. The smallest absolute Gasteiger partial charge is 0.258 e. The number of anilines is 2. The van der Waals surface area contributed by atoms with E-state index in [1.54, 1.807) is 24.4 Å². The van der Waals surface area contributed by atoms with Crippen LogP contribution in [0.15, 0.2) is 60.9 Å². The average Bonchev–Trinajstić information content (AvgIpc) is 3.60. The summed E-state index contributed by atoms with van der Waals surface area (Å²) in [5.41, 5.74) is 5.31. The van der Waals surface area contributed by atoms with E-state index in [0.29, 0.717) is 36.2 Å². The Labute approximate surface area is 216 Å². The van der Waals surface area contributed by atoms with Gasteiger partial charge in [0, 0.05) is 47.5 Å². The van der Waals surface area contributed by atoms with Gasteiger partial charge in [0.15, 0.2) is 12.4 Å². The Morgan fingerprint density at radius 1 is 1.08 bits per heavy atom. The predicted molar refractivity (Wildman–Crippen MR) is 135 cm³/mol. The van der Waals surface area contributed by atoms with Crippen LogP contribution >= 0.6 is 0 Å². The van der Waals surface area contributed by atoms with Crippen LogP contribution in [-0.2, 0) is 22.7 Å². The van der Waals surface area contributed by atoms with Crippen molar-refractivity contribution in [2.45, 2.75) is 38.0 Å². The Kier molecular flexibility index (Phi) is 6.20. The lowest BCUT2D eigenvalue weighted by Crippen LogP contribution is -2.51. The summed E-state index contributed by atoms with van der Waals surface area (Å²) in [5.74, 6) is -1.54. The first-order valence-corrected chi connectivity index (χ1v) is 12.2. The molecule has 2 aromatic heterocycles. The SMILES string of the molecule is O=C(COc1cccc(-c2nc3c(c(Nc4ccc(-c5cn[nH]c5)cc4)n2)COC3)c1)NC1CC(F)(F)C1. The minimum absolute atomic E-state index is 0.272. The van der Waals surface area contributed by atoms with Gasteiger partial charge in [0.05, 0.1) is 25.1 Å². The van der Waals surface area contributed by atoms with Crippen LogP contribution < -0.4 is 15.4 Å². The van der Waals surface area contributed by atoms with E-state index in [1.165, 1.54) is 0 Å². The monoisotopic (exact) mass is 518 g/mol. The van der Waals surface area contributed by atoms with Crippen molar-refractivity contribution in [3.63, 3.8) is 0 Å². The lowest BCUT2D eigenvalue weighted by atomic mass is 9.88. The maximum Gasteiger partial charge on any atom is 0.258 e. The number of alkyl halides is 2. The fraction of sp³-hybridized carbons (Fsp3) is 0.259. The van der Waals surface area contributed by atoms with Crippen LogP contribution in [0.4, 0.5) is 20.3 Å². The number of carbonyl (C=O) groups excluding carboxylic acids is 1. The summed E-state index contributed by atoms with van der Waals surface area (Å²) in [6, 6.07) is 14.5. The highest BCUT2D eigenvalue weighted by Gasteiger charge is 2.45. The predicted octanol–water partition coefficient (Wildman–Crippen LogP) is 4.60. The van der Waals surface area contributed by atoms with Crippen LogP contribution in [0.25, 0.3) is 22.5 Å². The minimum Gasteiger partial charge on any atom is -0.484 e. The first-order valence-electron chi connectivity index (χ1n) is 12.2. The molecule has 11 heteroatoms. The number of aromatic nitrogens is 4. The molecule has 1 aliphatic heterocycles. The molecule has 0 saturated heterocycles. The normalized spacial score (nSPS) is 15.9. The van der Waals surface area contributed by atoms with E-state index < -0.39 is 17.9 Å². The van der Waals surface area contributed by atoms with Gasteiger partial charge in [0.1, 0.15) is 11.6 Å². The Bertz CT molecular complexity index is 1450. The van der Waals surface area contributed by atoms with Crippen LogP contribution in [0.2, 0.25) is 0 Å². The fourth-order valence-corrected chi connectivity index (χ4v) is 4.48. The topological polar surface area (TPSA) is 114 Å². The molecule has 6 rings (SSSR count). The molecule has 194 valence electrons. The minimum atomic E-state index is -2.69. The number of benzene rings is 2. The first kappa shape index (κ1) is 24.0. The zero-order valence-corrected chi connectivity index (χ0v) is 20.2. The maximum atomic E-state index is 13.0. The Balaban J connectivity index is 1.17. The van der Waals surface area contributed by atoms with Gasteiger partial charge in [0.25, 0.3) is 11.8 Å². The van der Waals surface area contributed by atoms with Crippen molar-refractivity contribution in [2.75, 3.05) is 11.9 Å². The largest absolute Gasteiger partial charge is 0.484 e. The molecular formula is C27H24F2N6O3. The van der Waals surface area contributed by atoms with Crippen molar-refractivity contribution < 1.29 is 23.0 Å². The molecule has 1 amide bonds. The molecule has 3 heterocycles. The van der Waals surface area contributed by atoms with Gasteiger partial charge in [-0.15, -0.1) is 0 Å². The van der Waals surface area contributed by atoms with E-state index in [4.69, 9.17) is 14.5 Å². The molecule has 3 N–H and O–H groups in total. The van der Waals surface area contributed by atoms with E-state index >= 15 is 0 Å². The zero-order chi connectivity index (χ0) is 26.1. The number of aromatic amines is 1. The summed E-state index contributed by atoms with van der Waals surface area (Å²) in [6.07, 6.45) is 2.93. The van der Waals surface area contributed by atoms with Crippen LogP contribution in [0.5, 0.6) is 5.75 Å². The van der Waals surface area contributed by atoms with Gasteiger partial charge in [-0.3, -0.25) is 9.89 Å². The summed E-state index contributed by atoms with van der Waals surface area (Å²) in [6.45, 7) is 0.526. The molecule has 0 radical (unpaired) electrons. The first-order chi connectivity index (χ1) is 18.4. The Morgan fingerprint density at radius 2 is 1.92 bits per heavy atom. The summed E-state index contributed by atoms with van der Waals surface area (Å²) in [5, 5.41) is 12.8. The third-order valence-corrected chi connectivity index (χ3v) is 6.47. The molecule has 4 aromatic rings. The molecule has 9 nitrogen and oxygen atoms in total. The number of H-pyrrole nitrogens is 1. The molecule has 0 spiro atoms. The second-order valence-corrected chi connectivity index (χ2v) is 9.35. The molecule has 2 aliphatic rings. The molecule has 0 bridgehead atoms. The van der Waals surface area contributed by atoms with Crippen molar-refractivity contribution in [3.05, 3.63) is 72.2 Å². The third-order valence-electron chi connectivity index (χ3n) is 6.47. The molecule has 1 fully saturated rings. The van der Waals surface area contributed by atoms with E-state index in [0.717, 1.165) is 28.1 Å². The van der Waals surface area contributed by atoms with Crippen LogP contribution in [-0.4, -0.2) is 44.6 Å². The van der Waals surface area contributed by atoms with Crippen LogP contribution in [0, 0.1) is 0 Å². The second-order valence-electron chi connectivity index (χ2n) is 9.35. The lowest BCUT2D eigenvalue weighted by Gasteiger charge is -2.35. The third kappa shape index (κ3) is 5.18. The quantitative estimate of drug-likeness (QED) is 0.312. The van der Waals surface area contributed by atoms with Crippen LogP contribution in [0.3, 0.4) is 0 Å². The molecule has 0 unspecified atom stereocenters. The van der Waals surface area contributed by atoms with Gasteiger partial charge >= 0.3 is 0 Å². The number of nitrogens with zero attached hydrogens (tertiary/aromatic N) is 3. The van der Waals surface area contributed by atoms with Gasteiger partial charge in [-0.25, -0.2) is 18.7 Å². The molecule has 38 heavy (non-hydrogen) atoms. The number of amides is 1. The highest BCUT2D eigenvalue weighted by atomic mass is 19.3. The van der Waals surface area contributed by atoms with E-state index in [9.17, 15) is 13.6 Å². The van der Waals surface area contributed by atoms with Crippen molar-refractivity contribution >= 4 is 17.4 Å². The van der Waals surface area contributed by atoms with Crippen LogP contribution in [0.1, 0.15) is 24.1 Å². The summed E-state index contributed by atoms with van der Waals surface area (Å²) in [4.78, 5) is 21.5. The molecule has 2 aromatic carbocycles. The van der Waals surface area contributed by atoms with Gasteiger partial charge in [-0.05, 0) is 29.8 Å². The molecule has 1 saturated carbocycles. The van der Waals surface area contributed by atoms with E-state index in [-0.39, 0.29) is 19.4 Å². The van der Waals surface area contributed by atoms with Gasteiger partial charge in [-0.1, -0.05) is 24.3 Å². The zero-order valence-electron chi connectivity index (χ0n) is 20.2. The van der Waals surface area contributed by atoms with Crippen molar-refractivity contribution in [1.82, 2.24) is 25.5 Å². The number of halogens is 2. The van der Waals surface area contributed by atoms with E-state index in [1.807, 2.05) is 36.5 Å². The number of hydrogen-bond donors (Lipinski definition) is 3. The van der Waals surface area contributed by atoms with Gasteiger partial charge < -0.3 is 20.1 Å². The molecule has 0 atom stereocenters. The number of carbonyl (C=O) groups is 1. The Hall–Kier alpha value is -4.38. The lowest BCUT2D eigenvalue weighted by molar-refractivity contribution is -0.131. The summed E-state index contributed by atoms with van der Waals surface area (Å²) < 4.78 is 37.2. The van der Waals surface area contributed by atoms with Crippen molar-refractivity contribution in [3.8, 4) is 28.3 Å². The number of ether oxygens (including phenoxy) is 2. The Morgan fingerprint density at radius 3 is 2.68 bits per heavy atom. The molecular weight excluding hydrogens is 494 g/mol. The fourth-order valence-electron chi connectivity index (χ4n) is 4.48. The second kappa shape index (κ2) is 9.82. The average molecular weight is 519 g/mol. The number of hydrogen-bond acceptors (Lipinski definition) is 7. The van der Waals surface area contributed by atoms with Gasteiger partial charge in [-0.2, -0.15) is 5.10 Å². The maximum absolute atomic E-state index is 13.0. The van der Waals surface area contributed by atoms with Gasteiger partial charge in [0.2, 0.25) is 0 Å².